The molecule has 0 spiro atoms. The lowest BCUT2D eigenvalue weighted by molar-refractivity contribution is 0.626. The molecule has 6 rings (SSSR count). The van der Waals surface area contributed by atoms with Gasteiger partial charge in [-0.1, -0.05) is 23.5 Å². The zero-order valence-corrected chi connectivity index (χ0v) is 17.2. The van der Waals surface area contributed by atoms with E-state index in [1.54, 1.807) is 0 Å². The topological polar surface area (TPSA) is 61.4 Å². The number of thioether (sulfide) groups is 2. The number of rotatable bonds is 10. The summed E-state index contributed by atoms with van der Waals surface area (Å²) >= 11 is 3.79. The van der Waals surface area contributed by atoms with E-state index < -0.39 is 0 Å². The molecular formula is C19H26N6S2. The number of aromatic nitrogens is 6. The molecule has 4 saturated carbocycles. The highest BCUT2D eigenvalue weighted by Gasteiger charge is 2.37. The van der Waals surface area contributed by atoms with Crippen LogP contribution in [-0.4, -0.2) is 41.0 Å². The van der Waals surface area contributed by atoms with Crippen molar-refractivity contribution in [3.63, 3.8) is 0 Å². The van der Waals surface area contributed by atoms with Crippen molar-refractivity contribution in [3.05, 3.63) is 11.6 Å². The van der Waals surface area contributed by atoms with Gasteiger partial charge in [-0.05, 0) is 57.8 Å². The first-order chi connectivity index (χ1) is 13.4. The Morgan fingerprint density at radius 3 is 1.44 bits per heavy atom. The fraction of sp³-hybridized carbons (Fsp3) is 0.789. The van der Waals surface area contributed by atoms with Crippen LogP contribution in [0.15, 0.2) is 10.3 Å². The van der Waals surface area contributed by atoms with Crippen LogP contribution in [0.5, 0.6) is 0 Å². The van der Waals surface area contributed by atoms with Crippen molar-refractivity contribution < 1.29 is 0 Å². The minimum atomic E-state index is 0.686. The SMILES string of the molecule is C(CSc1nnc(C2CC2)n1C1CC1)CSc1nnc(C2CC2)n1C1CC1. The third-order valence-corrected chi connectivity index (χ3v) is 7.90. The minimum absolute atomic E-state index is 0.686. The molecule has 0 aromatic carbocycles. The summed E-state index contributed by atoms with van der Waals surface area (Å²) in [5, 5.41) is 20.4. The van der Waals surface area contributed by atoms with Gasteiger partial charge in [0.15, 0.2) is 10.3 Å². The largest absolute Gasteiger partial charge is 0.303 e. The van der Waals surface area contributed by atoms with Crippen LogP contribution < -0.4 is 0 Å². The Hall–Kier alpha value is -1.02. The molecule has 2 aromatic rings. The van der Waals surface area contributed by atoms with Crippen LogP contribution in [0, 0.1) is 0 Å². The van der Waals surface area contributed by atoms with Gasteiger partial charge in [0, 0.05) is 35.4 Å². The maximum absolute atomic E-state index is 4.51. The maximum atomic E-state index is 4.51. The van der Waals surface area contributed by atoms with Crippen molar-refractivity contribution in [1.29, 1.82) is 0 Å². The van der Waals surface area contributed by atoms with Crippen LogP contribution in [0.4, 0.5) is 0 Å². The first-order valence-corrected chi connectivity index (χ1v) is 12.5. The van der Waals surface area contributed by atoms with Crippen LogP contribution >= 0.6 is 23.5 Å². The lowest BCUT2D eigenvalue weighted by Gasteiger charge is -2.09. The molecule has 2 heterocycles. The molecule has 0 bridgehead atoms. The third-order valence-electron chi connectivity index (χ3n) is 5.84. The molecule has 0 atom stereocenters. The highest BCUT2D eigenvalue weighted by molar-refractivity contribution is 8.00. The highest BCUT2D eigenvalue weighted by atomic mass is 32.2. The molecule has 0 amide bonds. The standard InChI is InChI=1S/C19H26N6S2/c1(10-26-18-22-20-16(12-2-3-12)24(18)14-6-7-14)11-27-19-23-21-17(13-4-5-13)25(19)15-8-9-15/h12-15H,1-11H2. The predicted molar refractivity (Wildman–Crippen MR) is 107 cm³/mol. The van der Waals surface area contributed by atoms with Crippen LogP contribution in [0.2, 0.25) is 0 Å². The van der Waals surface area contributed by atoms with Crippen molar-refractivity contribution >= 4 is 23.5 Å². The van der Waals surface area contributed by atoms with E-state index in [4.69, 9.17) is 0 Å². The summed E-state index contributed by atoms with van der Waals surface area (Å²) in [6.07, 6.45) is 11.6. The van der Waals surface area contributed by atoms with Crippen LogP contribution in [-0.2, 0) is 0 Å². The normalized spacial score (nSPS) is 22.5. The molecule has 0 radical (unpaired) electrons. The quantitative estimate of drug-likeness (QED) is 0.428. The van der Waals surface area contributed by atoms with E-state index in [0.717, 1.165) is 21.8 Å². The van der Waals surface area contributed by atoms with Gasteiger partial charge < -0.3 is 9.13 Å². The van der Waals surface area contributed by atoms with Gasteiger partial charge in [0.2, 0.25) is 0 Å². The summed E-state index contributed by atoms with van der Waals surface area (Å²) in [6.45, 7) is 0. The summed E-state index contributed by atoms with van der Waals surface area (Å²) in [4.78, 5) is 0. The van der Waals surface area contributed by atoms with E-state index in [1.807, 2.05) is 23.5 Å². The van der Waals surface area contributed by atoms with Crippen LogP contribution in [0.1, 0.15) is 93.4 Å². The number of nitrogens with zero attached hydrogens (tertiary/aromatic N) is 6. The molecule has 0 aliphatic heterocycles. The molecule has 6 nitrogen and oxygen atoms in total. The molecule has 27 heavy (non-hydrogen) atoms. The lowest BCUT2D eigenvalue weighted by atomic mass is 10.4. The van der Waals surface area contributed by atoms with Crippen molar-refractivity contribution in [2.75, 3.05) is 11.5 Å². The van der Waals surface area contributed by atoms with Crippen molar-refractivity contribution in [2.45, 2.75) is 92.0 Å². The molecule has 4 aliphatic carbocycles. The van der Waals surface area contributed by atoms with E-state index in [0.29, 0.717) is 23.9 Å². The Morgan fingerprint density at radius 1 is 0.630 bits per heavy atom. The van der Waals surface area contributed by atoms with Crippen molar-refractivity contribution in [1.82, 2.24) is 29.5 Å². The van der Waals surface area contributed by atoms with Gasteiger partial charge in [-0.3, -0.25) is 0 Å². The Labute approximate surface area is 168 Å². The zero-order chi connectivity index (χ0) is 17.8. The van der Waals surface area contributed by atoms with Gasteiger partial charge in [-0.15, -0.1) is 20.4 Å². The predicted octanol–water partition coefficient (Wildman–Crippen LogP) is 4.57. The Kier molecular flexibility index (Phi) is 4.25. The van der Waals surface area contributed by atoms with E-state index in [-0.39, 0.29) is 0 Å². The number of hydrogen-bond acceptors (Lipinski definition) is 6. The summed E-state index contributed by atoms with van der Waals surface area (Å²) < 4.78 is 4.92. The summed E-state index contributed by atoms with van der Waals surface area (Å²) in [5.74, 6) is 6.12. The van der Waals surface area contributed by atoms with Gasteiger partial charge in [-0.2, -0.15) is 0 Å². The Balaban J connectivity index is 1.04. The second-order valence-corrected chi connectivity index (χ2v) is 10.6. The maximum Gasteiger partial charge on any atom is 0.191 e. The summed E-state index contributed by atoms with van der Waals surface area (Å²) in [5.41, 5.74) is 0. The van der Waals surface area contributed by atoms with Gasteiger partial charge in [0.05, 0.1) is 0 Å². The molecule has 8 heteroatoms. The molecule has 2 aromatic heterocycles. The summed E-state index contributed by atoms with van der Waals surface area (Å²) in [6, 6.07) is 1.37. The van der Waals surface area contributed by atoms with Gasteiger partial charge >= 0.3 is 0 Å². The second-order valence-electron chi connectivity index (χ2n) is 8.48. The lowest BCUT2D eigenvalue weighted by Crippen LogP contribution is -2.03. The molecule has 144 valence electrons. The van der Waals surface area contributed by atoms with E-state index in [1.165, 1.54) is 69.4 Å². The van der Waals surface area contributed by atoms with E-state index in [9.17, 15) is 0 Å². The number of hydrogen-bond donors (Lipinski definition) is 0. The fourth-order valence-corrected chi connectivity index (χ4v) is 5.84. The molecule has 0 unspecified atom stereocenters. The van der Waals surface area contributed by atoms with Crippen molar-refractivity contribution in [2.24, 2.45) is 0 Å². The van der Waals surface area contributed by atoms with Gasteiger partial charge in [0.1, 0.15) is 11.6 Å². The second kappa shape index (κ2) is 6.79. The summed E-state index contributed by atoms with van der Waals surface area (Å²) in [7, 11) is 0. The van der Waals surface area contributed by atoms with Gasteiger partial charge in [-0.25, -0.2) is 0 Å². The molecule has 4 aliphatic rings. The first kappa shape index (κ1) is 16.9. The van der Waals surface area contributed by atoms with Gasteiger partial charge in [0.25, 0.3) is 0 Å². The first-order valence-electron chi connectivity index (χ1n) is 10.5. The van der Waals surface area contributed by atoms with Crippen LogP contribution in [0.25, 0.3) is 0 Å². The highest BCUT2D eigenvalue weighted by Crippen LogP contribution is 2.47. The molecule has 0 N–H and O–H groups in total. The zero-order valence-electron chi connectivity index (χ0n) is 15.6. The Morgan fingerprint density at radius 2 is 1.07 bits per heavy atom. The smallest absolute Gasteiger partial charge is 0.191 e. The molecule has 4 fully saturated rings. The average molecular weight is 403 g/mol. The van der Waals surface area contributed by atoms with E-state index >= 15 is 0 Å². The fourth-order valence-electron chi connectivity index (χ4n) is 3.75. The molecule has 0 saturated heterocycles. The third kappa shape index (κ3) is 3.55. The van der Waals surface area contributed by atoms with E-state index in [2.05, 4.69) is 29.5 Å². The molecular weight excluding hydrogens is 376 g/mol. The average Bonchev–Trinajstić information content (AvgIpc) is 3.53. The Bertz CT molecular complexity index is 761. The van der Waals surface area contributed by atoms with Crippen LogP contribution in [0.3, 0.4) is 0 Å². The van der Waals surface area contributed by atoms with Crippen molar-refractivity contribution in [3.8, 4) is 0 Å². The monoisotopic (exact) mass is 402 g/mol. The minimum Gasteiger partial charge on any atom is -0.303 e.